The van der Waals surface area contributed by atoms with E-state index in [1.165, 1.54) is 315 Å². The average Bonchev–Trinajstić information content (AvgIpc) is 0.747. The third kappa shape index (κ3) is 48.2. The minimum Gasteiger partial charge on any atom is -0.477 e. The standard InChI is InChI=1S/C92H174N2O21/c1-4-6-8-10-12-14-16-18-20-22-24-26-28-30-31-32-33-34-35-36-37-38-39-40-41-42-44-46-48-50-52-54-56-58-60-62-64-66-79(102)94-73(74(99)65-63-61-59-57-55-53-51-49-47-45-43-29-27-25-23-21-19-17-15-13-11-9-7-5-2)71-110-89-84(106)83(105)86(78(70-97)112-89)113-90-85(107)88(82(104)77(69-96)111-90)115-92(91(108)109)67-75(100)80(93-72(3)98)87(114-92)81(103)76(101)68-95/h34-35,73-78,80-90,95-97,99-101,103-107H,4-33,36-71H2,1-3H3,(H,93,98)(H,94,102)(H,108,109)/b35-34-. The van der Waals surface area contributed by atoms with Crippen LogP contribution in [0.3, 0.4) is 0 Å². The van der Waals surface area contributed by atoms with Gasteiger partial charge in [0.15, 0.2) is 12.6 Å². The van der Waals surface area contributed by atoms with Crippen LogP contribution in [0, 0.1) is 0 Å². The number of carbonyl (C=O) groups is 3. The molecule has 3 aliphatic heterocycles. The van der Waals surface area contributed by atoms with Crippen molar-refractivity contribution in [2.45, 2.75) is 529 Å². The number of hydrogen-bond acceptors (Lipinski definition) is 20. The molecule has 14 N–H and O–H groups in total. The number of allylic oxidation sites excluding steroid dienone is 2. The molecular weight excluding hydrogens is 1470 g/mol. The second-order valence-electron chi connectivity index (χ2n) is 34.6. The zero-order valence-electron chi connectivity index (χ0n) is 72.7. The van der Waals surface area contributed by atoms with Crippen LogP contribution in [-0.4, -0.2) is 215 Å². The van der Waals surface area contributed by atoms with Crippen LogP contribution in [0.5, 0.6) is 0 Å². The maximum Gasteiger partial charge on any atom is 0.364 e. The minimum absolute atomic E-state index is 0.228. The maximum atomic E-state index is 13.6. The Balaban J connectivity index is 1.41. The molecule has 3 heterocycles. The first-order valence-electron chi connectivity index (χ1n) is 47.5. The van der Waals surface area contributed by atoms with Crippen molar-refractivity contribution in [2.75, 3.05) is 26.4 Å². The number of hydrogen-bond donors (Lipinski definition) is 14. The molecule has 115 heavy (non-hydrogen) atoms. The van der Waals surface area contributed by atoms with E-state index in [2.05, 4.69) is 36.6 Å². The van der Waals surface area contributed by atoms with Crippen LogP contribution in [0.4, 0.5) is 0 Å². The van der Waals surface area contributed by atoms with Crippen molar-refractivity contribution in [3.05, 3.63) is 12.2 Å². The Morgan fingerprint density at radius 3 is 1.17 bits per heavy atom. The number of unbranched alkanes of at least 4 members (excludes halogenated alkanes) is 56. The lowest BCUT2D eigenvalue weighted by molar-refractivity contribution is -0.386. The van der Waals surface area contributed by atoms with Gasteiger partial charge in [-0.1, -0.05) is 373 Å². The third-order valence-corrected chi connectivity index (χ3v) is 24.2. The smallest absolute Gasteiger partial charge is 0.364 e. The molecule has 18 atom stereocenters. The summed E-state index contributed by atoms with van der Waals surface area (Å²) in [7, 11) is 0. The van der Waals surface area contributed by atoms with Crippen molar-refractivity contribution >= 4 is 17.8 Å². The molecule has 0 saturated carbocycles. The summed E-state index contributed by atoms with van der Waals surface area (Å²) in [5.41, 5.74) is 0. The number of carboxylic acids is 1. The summed E-state index contributed by atoms with van der Waals surface area (Å²) >= 11 is 0. The number of aliphatic hydroxyl groups is 11. The summed E-state index contributed by atoms with van der Waals surface area (Å²) in [6.07, 6.45) is 52.3. The number of aliphatic hydroxyl groups excluding tert-OH is 11. The van der Waals surface area contributed by atoms with E-state index in [1.54, 1.807) is 0 Å². The van der Waals surface area contributed by atoms with E-state index in [9.17, 15) is 75.7 Å². The van der Waals surface area contributed by atoms with Crippen molar-refractivity contribution in [2.24, 2.45) is 0 Å². The van der Waals surface area contributed by atoms with Gasteiger partial charge in [-0.25, -0.2) is 4.79 Å². The molecule has 0 aliphatic carbocycles. The molecule has 18 unspecified atom stereocenters. The molecule has 0 aromatic carbocycles. The van der Waals surface area contributed by atoms with E-state index < -0.39 is 148 Å². The molecule has 0 aromatic rings. The number of amides is 2. The maximum absolute atomic E-state index is 13.6. The fraction of sp³-hybridized carbons (Fsp3) is 0.946. The largest absolute Gasteiger partial charge is 0.477 e. The first-order valence-corrected chi connectivity index (χ1v) is 47.5. The molecule has 3 saturated heterocycles. The van der Waals surface area contributed by atoms with Crippen LogP contribution in [-0.2, 0) is 42.8 Å². The summed E-state index contributed by atoms with van der Waals surface area (Å²) in [4.78, 5) is 38.8. The number of aliphatic carboxylic acids is 1. The predicted molar refractivity (Wildman–Crippen MR) is 454 cm³/mol. The highest BCUT2D eigenvalue weighted by Gasteiger charge is 2.60. The van der Waals surface area contributed by atoms with E-state index in [0.29, 0.717) is 19.3 Å². The van der Waals surface area contributed by atoms with Crippen LogP contribution < -0.4 is 10.6 Å². The molecule has 0 bridgehead atoms. The van der Waals surface area contributed by atoms with Crippen LogP contribution in [0.25, 0.3) is 0 Å². The van der Waals surface area contributed by atoms with Gasteiger partial charge in [0.05, 0.1) is 50.7 Å². The molecule has 0 radical (unpaired) electrons. The van der Waals surface area contributed by atoms with Gasteiger partial charge >= 0.3 is 5.97 Å². The van der Waals surface area contributed by atoms with Gasteiger partial charge in [-0.15, -0.1) is 0 Å². The Kier molecular flexibility index (Phi) is 64.9. The lowest BCUT2D eigenvalue weighted by atomic mass is 9.88. The Morgan fingerprint density at radius 1 is 0.443 bits per heavy atom. The van der Waals surface area contributed by atoms with Gasteiger partial charge in [-0.3, -0.25) is 9.59 Å². The highest BCUT2D eigenvalue weighted by Crippen LogP contribution is 2.39. The lowest BCUT2D eigenvalue weighted by Crippen LogP contribution is -2.70. The summed E-state index contributed by atoms with van der Waals surface area (Å²) in [6.45, 7) is 2.30. The van der Waals surface area contributed by atoms with Crippen molar-refractivity contribution in [1.82, 2.24) is 10.6 Å². The van der Waals surface area contributed by atoms with Crippen LogP contribution in [0.1, 0.15) is 419 Å². The number of ether oxygens (including phenoxy) is 6. The summed E-state index contributed by atoms with van der Waals surface area (Å²) in [6, 6.07) is -2.53. The number of carbonyl (C=O) groups excluding carboxylic acids is 2. The SMILES string of the molecule is CCCCCCCCCCCCCCCCCC/C=C\CCCCCCCCCCCCCCCCCCCC(=O)NC(COC1OC(CO)C(OC2OC(CO)C(O)C(OC3(C(=O)O)CC(O)C(NC(C)=O)C(C(O)C(O)CO)O3)C2O)C(O)C1O)C(O)CCCCCCCCCCCCCCCCCCCCCCCCCC. The molecular formula is C92H174N2O21. The van der Waals surface area contributed by atoms with Gasteiger partial charge in [-0.2, -0.15) is 0 Å². The molecule has 23 heteroatoms. The third-order valence-electron chi connectivity index (χ3n) is 24.2. The first kappa shape index (κ1) is 107. The molecule has 3 rings (SSSR count). The summed E-state index contributed by atoms with van der Waals surface area (Å²) in [5.74, 6) is -6.09. The fourth-order valence-electron chi connectivity index (χ4n) is 16.8. The van der Waals surface area contributed by atoms with Gasteiger partial charge in [0.1, 0.15) is 67.1 Å². The van der Waals surface area contributed by atoms with Gasteiger partial charge in [0, 0.05) is 19.8 Å². The molecule has 3 aliphatic rings. The van der Waals surface area contributed by atoms with Crippen molar-refractivity contribution in [3.63, 3.8) is 0 Å². The molecule has 0 aromatic heterocycles. The minimum atomic E-state index is -3.08. The topological polar surface area (TPSA) is 373 Å². The Hall–Kier alpha value is -2.53. The number of carboxylic acid groups (broad SMARTS) is 1. The summed E-state index contributed by atoms with van der Waals surface area (Å²) < 4.78 is 35.1. The molecule has 0 spiro atoms. The van der Waals surface area contributed by atoms with E-state index in [0.717, 1.165) is 58.3 Å². The second-order valence-corrected chi connectivity index (χ2v) is 34.6. The quantitative estimate of drug-likeness (QED) is 0.0199. The van der Waals surface area contributed by atoms with Gasteiger partial charge < -0.3 is 100 Å². The van der Waals surface area contributed by atoms with Crippen LogP contribution in [0.2, 0.25) is 0 Å². The second kappa shape index (κ2) is 69.9. The zero-order chi connectivity index (χ0) is 83.8. The van der Waals surface area contributed by atoms with E-state index >= 15 is 0 Å². The van der Waals surface area contributed by atoms with Crippen LogP contribution >= 0.6 is 0 Å². The zero-order valence-corrected chi connectivity index (χ0v) is 72.7. The van der Waals surface area contributed by atoms with Crippen molar-refractivity contribution in [3.8, 4) is 0 Å². The number of rotatable bonds is 78. The fourth-order valence-corrected chi connectivity index (χ4v) is 16.8. The van der Waals surface area contributed by atoms with Crippen molar-refractivity contribution in [1.29, 1.82) is 0 Å². The molecule has 23 nitrogen and oxygen atoms in total. The highest BCUT2D eigenvalue weighted by molar-refractivity contribution is 5.77. The predicted octanol–water partition coefficient (Wildman–Crippen LogP) is 16.0. The van der Waals surface area contributed by atoms with Gasteiger partial charge in [-0.05, 0) is 38.5 Å². The lowest BCUT2D eigenvalue weighted by Gasteiger charge is -2.50. The van der Waals surface area contributed by atoms with Gasteiger partial charge in [0.25, 0.3) is 5.79 Å². The Morgan fingerprint density at radius 2 is 0.809 bits per heavy atom. The molecule has 3 fully saturated rings. The van der Waals surface area contributed by atoms with Crippen molar-refractivity contribution < 1.29 is 104 Å². The molecule has 2 amide bonds. The summed E-state index contributed by atoms with van der Waals surface area (Å²) in [5, 5.41) is 137. The van der Waals surface area contributed by atoms with Gasteiger partial charge in [0.2, 0.25) is 11.8 Å². The monoisotopic (exact) mass is 1640 g/mol. The average molecular weight is 1640 g/mol. The van der Waals surface area contributed by atoms with E-state index in [4.69, 9.17) is 28.4 Å². The highest BCUT2D eigenvalue weighted by atomic mass is 16.8. The van der Waals surface area contributed by atoms with Crippen LogP contribution in [0.15, 0.2) is 12.2 Å². The normalized spacial score (nSPS) is 25.0. The van der Waals surface area contributed by atoms with E-state index in [1.807, 2.05) is 0 Å². The number of nitrogens with one attached hydrogen (secondary N) is 2. The first-order chi connectivity index (χ1) is 55.9. The Labute approximate surface area is 696 Å². The van der Waals surface area contributed by atoms with E-state index in [-0.39, 0.29) is 18.9 Å². The Bertz CT molecular complexity index is 2310. The molecule has 678 valence electrons.